The summed E-state index contributed by atoms with van der Waals surface area (Å²) in [5.74, 6) is 0.864. The lowest BCUT2D eigenvalue weighted by Crippen LogP contribution is -2.44. The van der Waals surface area contributed by atoms with E-state index in [0.29, 0.717) is 36.2 Å². The van der Waals surface area contributed by atoms with Gasteiger partial charge in [0.2, 0.25) is 5.95 Å². The van der Waals surface area contributed by atoms with Gasteiger partial charge in [0, 0.05) is 73.2 Å². The number of nitrogens with zero attached hydrogens (tertiary/aromatic N) is 6. The van der Waals surface area contributed by atoms with Crippen molar-refractivity contribution in [3.05, 3.63) is 64.5 Å². The van der Waals surface area contributed by atoms with E-state index in [1.54, 1.807) is 19.4 Å². The van der Waals surface area contributed by atoms with Gasteiger partial charge in [0.25, 0.3) is 5.69 Å². The molecule has 0 atom stereocenters. The normalized spacial score (nSPS) is 15.7. The van der Waals surface area contributed by atoms with E-state index >= 15 is 0 Å². The zero-order valence-electron chi connectivity index (χ0n) is 21.0. The van der Waals surface area contributed by atoms with E-state index < -0.39 is 0 Å². The van der Waals surface area contributed by atoms with Crippen LogP contribution in [0, 0.1) is 10.1 Å². The number of para-hydroxylation sites is 1. The zero-order chi connectivity index (χ0) is 25.5. The number of anilines is 3. The van der Waals surface area contributed by atoms with Crippen molar-refractivity contribution in [2.45, 2.75) is 19.4 Å². The van der Waals surface area contributed by atoms with Gasteiger partial charge < -0.3 is 24.4 Å². The Bertz CT molecular complexity index is 1490. The van der Waals surface area contributed by atoms with Crippen LogP contribution in [0.5, 0.6) is 5.75 Å². The highest BCUT2D eigenvalue weighted by molar-refractivity contribution is 5.97. The molecule has 10 nitrogen and oxygen atoms in total. The first-order valence-corrected chi connectivity index (χ1v) is 12.5. The number of aromatic nitrogens is 3. The van der Waals surface area contributed by atoms with Crippen molar-refractivity contribution in [1.82, 2.24) is 19.4 Å². The number of piperazine rings is 1. The Morgan fingerprint density at radius 2 is 1.89 bits per heavy atom. The number of aryl methyl sites for hydroxylation is 1. The van der Waals surface area contributed by atoms with Crippen LogP contribution in [0.25, 0.3) is 22.2 Å². The van der Waals surface area contributed by atoms with Crippen molar-refractivity contribution >= 4 is 33.9 Å². The molecule has 190 valence electrons. The van der Waals surface area contributed by atoms with Crippen LogP contribution in [0.3, 0.4) is 0 Å². The first-order chi connectivity index (χ1) is 18.0. The predicted octanol–water partition coefficient (Wildman–Crippen LogP) is 4.46. The molecule has 0 unspecified atom stereocenters. The fourth-order valence-electron chi connectivity index (χ4n) is 5.51. The topological polar surface area (TPSA) is 102 Å². The summed E-state index contributed by atoms with van der Waals surface area (Å²) in [6.07, 6.45) is 3.84. The number of nitro groups is 1. The molecule has 0 bridgehead atoms. The molecule has 0 spiro atoms. The lowest BCUT2D eigenvalue weighted by Gasteiger charge is -2.34. The number of fused-ring (bicyclic) bond motifs is 3. The average molecular weight is 500 g/mol. The van der Waals surface area contributed by atoms with Crippen LogP contribution >= 0.6 is 0 Å². The molecule has 4 aromatic rings. The molecule has 6 rings (SSSR count). The van der Waals surface area contributed by atoms with Gasteiger partial charge in [-0.25, -0.2) is 9.97 Å². The zero-order valence-corrected chi connectivity index (χ0v) is 21.0. The monoisotopic (exact) mass is 499 g/mol. The summed E-state index contributed by atoms with van der Waals surface area (Å²) in [7, 11) is 3.62. The molecule has 1 fully saturated rings. The molecule has 1 saturated heterocycles. The van der Waals surface area contributed by atoms with E-state index in [-0.39, 0.29) is 10.6 Å². The Kier molecular flexibility index (Phi) is 5.88. The molecular formula is C27H29N7O3. The minimum atomic E-state index is -0.341. The van der Waals surface area contributed by atoms with Crippen molar-refractivity contribution < 1.29 is 9.66 Å². The van der Waals surface area contributed by atoms with Crippen molar-refractivity contribution in [3.63, 3.8) is 0 Å². The van der Waals surface area contributed by atoms with E-state index in [2.05, 4.69) is 45.0 Å². The fourth-order valence-corrected chi connectivity index (χ4v) is 5.51. The fraction of sp³-hybridized carbons (Fsp3) is 0.333. The van der Waals surface area contributed by atoms with Crippen molar-refractivity contribution in [1.29, 1.82) is 0 Å². The van der Waals surface area contributed by atoms with Gasteiger partial charge in [-0.2, -0.15) is 0 Å². The first-order valence-electron chi connectivity index (χ1n) is 12.5. The van der Waals surface area contributed by atoms with Crippen LogP contribution in [0.4, 0.5) is 23.0 Å². The highest BCUT2D eigenvalue weighted by Gasteiger charge is 2.27. The Morgan fingerprint density at radius 1 is 1.08 bits per heavy atom. The van der Waals surface area contributed by atoms with Gasteiger partial charge in [0.05, 0.1) is 23.4 Å². The van der Waals surface area contributed by atoms with Crippen LogP contribution in [0.2, 0.25) is 0 Å². The minimum absolute atomic E-state index is 0.0280. The molecule has 4 heterocycles. The molecule has 2 aromatic carbocycles. The Balaban J connectivity index is 1.37. The van der Waals surface area contributed by atoms with Crippen molar-refractivity contribution in [3.8, 4) is 17.0 Å². The molecule has 2 aliphatic heterocycles. The molecule has 0 aliphatic carbocycles. The van der Waals surface area contributed by atoms with Crippen LogP contribution in [-0.4, -0.2) is 64.7 Å². The summed E-state index contributed by atoms with van der Waals surface area (Å²) in [5, 5.41) is 16.4. The molecular weight excluding hydrogens is 470 g/mol. The largest absolute Gasteiger partial charge is 0.494 e. The molecule has 2 aliphatic rings. The maximum Gasteiger partial charge on any atom is 0.294 e. The number of hydrogen-bond donors (Lipinski definition) is 1. The van der Waals surface area contributed by atoms with Gasteiger partial charge in [-0.1, -0.05) is 18.2 Å². The lowest BCUT2D eigenvalue weighted by molar-refractivity contribution is -0.384. The lowest BCUT2D eigenvalue weighted by atomic mass is 10.1. The molecule has 1 N–H and O–H groups in total. The Hall–Kier alpha value is -4.18. The highest BCUT2D eigenvalue weighted by Crippen LogP contribution is 2.41. The van der Waals surface area contributed by atoms with Crippen LogP contribution < -0.4 is 15.0 Å². The maximum atomic E-state index is 12.0. The number of hydrogen-bond acceptors (Lipinski definition) is 8. The number of benzene rings is 2. The third-order valence-electron chi connectivity index (χ3n) is 7.37. The molecule has 37 heavy (non-hydrogen) atoms. The number of nitrogens with one attached hydrogen (secondary N) is 1. The van der Waals surface area contributed by atoms with Gasteiger partial charge in [0.15, 0.2) is 0 Å². The summed E-state index contributed by atoms with van der Waals surface area (Å²) < 4.78 is 8.02. The van der Waals surface area contributed by atoms with E-state index in [4.69, 9.17) is 9.72 Å². The molecule has 0 radical (unpaired) electrons. The second-order valence-electron chi connectivity index (χ2n) is 9.57. The van der Waals surface area contributed by atoms with Gasteiger partial charge >= 0.3 is 0 Å². The van der Waals surface area contributed by atoms with Crippen molar-refractivity contribution in [2.24, 2.45) is 0 Å². The minimum Gasteiger partial charge on any atom is -0.494 e. The second-order valence-corrected chi connectivity index (χ2v) is 9.57. The van der Waals surface area contributed by atoms with Gasteiger partial charge in [-0.05, 0) is 32.0 Å². The molecule has 2 aromatic heterocycles. The van der Waals surface area contributed by atoms with Crippen LogP contribution in [0.1, 0.15) is 12.1 Å². The Morgan fingerprint density at radius 3 is 2.68 bits per heavy atom. The highest BCUT2D eigenvalue weighted by atomic mass is 16.6. The van der Waals surface area contributed by atoms with Gasteiger partial charge in [-0.15, -0.1) is 0 Å². The van der Waals surface area contributed by atoms with Crippen LogP contribution in [0.15, 0.2) is 48.7 Å². The Labute approximate surface area is 214 Å². The number of nitro benzene ring substituents is 1. The van der Waals surface area contributed by atoms with E-state index in [1.165, 1.54) is 22.7 Å². The smallest absolute Gasteiger partial charge is 0.294 e. The van der Waals surface area contributed by atoms with Gasteiger partial charge in [-0.3, -0.25) is 10.1 Å². The number of methoxy groups -OCH3 is 1. The maximum absolute atomic E-state index is 12.0. The standard InChI is InChI=1S/C27H29N7O3/c1-31-12-14-32(15-13-31)23-17-25(37-2)20(16-24(23)34(35)36)30-27-28-10-9-19(29-27)26-18-6-3-4-7-21(18)33-11-5-8-22(26)33/h3-4,6-7,9-10,16-17H,5,8,11-15H2,1-2H3,(H,28,29,30). The van der Waals surface area contributed by atoms with Gasteiger partial charge in [0.1, 0.15) is 11.4 Å². The van der Waals surface area contributed by atoms with E-state index in [0.717, 1.165) is 43.7 Å². The first kappa shape index (κ1) is 23.2. The summed E-state index contributed by atoms with van der Waals surface area (Å²) in [6.45, 7) is 4.13. The number of rotatable bonds is 6. The summed E-state index contributed by atoms with van der Waals surface area (Å²) >= 11 is 0. The van der Waals surface area contributed by atoms with Crippen molar-refractivity contribution in [2.75, 3.05) is 50.6 Å². The summed E-state index contributed by atoms with van der Waals surface area (Å²) in [5.41, 5.74) is 5.50. The van der Waals surface area contributed by atoms with E-state index in [9.17, 15) is 10.1 Å². The third kappa shape index (κ3) is 4.13. The third-order valence-corrected chi connectivity index (χ3v) is 7.37. The number of ether oxygens (including phenoxy) is 1. The molecule has 0 amide bonds. The van der Waals surface area contributed by atoms with E-state index in [1.807, 2.05) is 17.0 Å². The van der Waals surface area contributed by atoms with Crippen LogP contribution in [-0.2, 0) is 13.0 Å². The number of likely N-dealkylation sites (N-methyl/N-ethyl adjacent to an activating group) is 1. The average Bonchev–Trinajstić information content (AvgIpc) is 3.50. The summed E-state index contributed by atoms with van der Waals surface area (Å²) in [4.78, 5) is 25.2. The second kappa shape index (κ2) is 9.36. The molecule has 0 saturated carbocycles. The predicted molar refractivity (Wildman–Crippen MR) is 144 cm³/mol. The molecule has 10 heteroatoms. The SMILES string of the molecule is COc1cc(N2CCN(C)CC2)c([N+](=O)[O-])cc1Nc1nccc(-c2c3n(c4ccccc24)CCC3)n1. The quantitative estimate of drug-likeness (QED) is 0.307. The summed E-state index contributed by atoms with van der Waals surface area (Å²) in [6, 6.07) is 13.6.